The lowest BCUT2D eigenvalue weighted by atomic mass is 10.1. The molecular formula is C21H19BrN6O2. The highest BCUT2D eigenvalue weighted by Gasteiger charge is 2.24. The molecule has 0 radical (unpaired) electrons. The van der Waals surface area contributed by atoms with Crippen molar-refractivity contribution >= 4 is 44.3 Å². The van der Waals surface area contributed by atoms with Crippen LogP contribution in [-0.4, -0.2) is 45.2 Å². The van der Waals surface area contributed by atoms with Gasteiger partial charge >= 0.3 is 0 Å². The summed E-state index contributed by atoms with van der Waals surface area (Å²) >= 11 is 3.58. The number of anilines is 1. The number of rotatable bonds is 4. The summed E-state index contributed by atoms with van der Waals surface area (Å²) in [7, 11) is 1.63. The number of fused-ring (bicyclic) bond motifs is 3. The fraction of sp³-hybridized carbons (Fsp3) is 0.238. The molecule has 0 unspecified atom stereocenters. The van der Waals surface area contributed by atoms with Crippen molar-refractivity contribution in [3.05, 3.63) is 46.9 Å². The predicted octanol–water partition coefficient (Wildman–Crippen LogP) is 3.41. The van der Waals surface area contributed by atoms with Crippen LogP contribution >= 0.6 is 15.9 Å². The number of hydrogen-bond donors (Lipinski definition) is 2. The normalized spacial score (nSPS) is 16.6. The Hall–Kier alpha value is -3.20. The van der Waals surface area contributed by atoms with E-state index in [9.17, 15) is 4.79 Å². The summed E-state index contributed by atoms with van der Waals surface area (Å²) in [6.07, 6.45) is 1.65. The van der Waals surface area contributed by atoms with E-state index in [4.69, 9.17) is 19.8 Å². The van der Waals surface area contributed by atoms with Crippen molar-refractivity contribution in [3.63, 3.8) is 0 Å². The minimum atomic E-state index is -0.358. The maximum absolute atomic E-state index is 12.3. The molecular weight excluding hydrogens is 448 g/mol. The molecule has 0 spiro atoms. The maximum atomic E-state index is 12.3. The van der Waals surface area contributed by atoms with Crippen molar-refractivity contribution in [2.24, 2.45) is 0 Å². The first-order valence-corrected chi connectivity index (χ1v) is 10.5. The predicted molar refractivity (Wildman–Crippen MR) is 118 cm³/mol. The van der Waals surface area contributed by atoms with Crippen LogP contribution < -0.4 is 15.4 Å². The van der Waals surface area contributed by atoms with Gasteiger partial charge in [0.25, 0.3) is 0 Å². The number of benzene rings is 2. The Kier molecular flexibility index (Phi) is 4.74. The number of hydrogen-bond acceptors (Lipinski definition) is 6. The van der Waals surface area contributed by atoms with Gasteiger partial charge in [0, 0.05) is 22.0 Å². The number of methoxy groups -OCH3 is 1. The standard InChI is InChI=1S/C21H19BrN6O2/c1-30-13-9-7-12(8-10-13)18-26-19-14-4-2-5-15(22)17(14)25-21(28(19)27-18)24-16-6-3-11-23-20(16)29/h2,4-5,7-10,16H,3,6,11H2,1H3,(H,23,29)(H,24,25)/t16-/m1/s1. The fourth-order valence-corrected chi connectivity index (χ4v) is 4.07. The third-order valence-electron chi connectivity index (χ3n) is 5.19. The number of halogens is 1. The second-order valence-electron chi connectivity index (χ2n) is 7.10. The second kappa shape index (κ2) is 7.56. The molecule has 3 heterocycles. The highest BCUT2D eigenvalue weighted by atomic mass is 79.9. The molecule has 1 amide bonds. The van der Waals surface area contributed by atoms with E-state index in [1.54, 1.807) is 11.6 Å². The van der Waals surface area contributed by atoms with Crippen LogP contribution in [0.5, 0.6) is 5.75 Å². The zero-order valence-corrected chi connectivity index (χ0v) is 17.8. The third kappa shape index (κ3) is 3.24. The lowest BCUT2D eigenvalue weighted by Crippen LogP contribution is -2.44. The summed E-state index contributed by atoms with van der Waals surface area (Å²) in [4.78, 5) is 21.8. The first-order valence-electron chi connectivity index (χ1n) is 9.68. The molecule has 30 heavy (non-hydrogen) atoms. The van der Waals surface area contributed by atoms with E-state index in [0.29, 0.717) is 24.0 Å². The molecule has 1 aliphatic rings. The van der Waals surface area contributed by atoms with Gasteiger partial charge in [0.2, 0.25) is 11.9 Å². The summed E-state index contributed by atoms with van der Waals surface area (Å²) in [6, 6.07) is 13.1. The van der Waals surface area contributed by atoms with Crippen molar-refractivity contribution in [2.45, 2.75) is 18.9 Å². The molecule has 1 aliphatic heterocycles. The molecule has 8 nitrogen and oxygen atoms in total. The van der Waals surface area contributed by atoms with Crippen molar-refractivity contribution in [2.75, 3.05) is 19.0 Å². The van der Waals surface area contributed by atoms with Crippen LogP contribution in [-0.2, 0) is 4.79 Å². The van der Waals surface area contributed by atoms with Crippen LogP contribution in [0.25, 0.3) is 27.9 Å². The van der Waals surface area contributed by atoms with Crippen molar-refractivity contribution < 1.29 is 9.53 Å². The Bertz CT molecular complexity index is 1250. The highest BCUT2D eigenvalue weighted by molar-refractivity contribution is 9.10. The van der Waals surface area contributed by atoms with Gasteiger partial charge in [-0.1, -0.05) is 6.07 Å². The number of piperidine rings is 1. The smallest absolute Gasteiger partial charge is 0.242 e. The van der Waals surface area contributed by atoms with E-state index < -0.39 is 0 Å². The first kappa shape index (κ1) is 18.8. The fourth-order valence-electron chi connectivity index (χ4n) is 3.62. The van der Waals surface area contributed by atoms with E-state index >= 15 is 0 Å². The monoisotopic (exact) mass is 466 g/mol. The Morgan fingerprint density at radius 2 is 2.03 bits per heavy atom. The highest BCUT2D eigenvalue weighted by Crippen LogP contribution is 2.29. The largest absolute Gasteiger partial charge is 0.497 e. The number of aromatic nitrogens is 4. The van der Waals surface area contributed by atoms with Gasteiger partial charge in [-0.25, -0.2) is 9.97 Å². The topological polar surface area (TPSA) is 93.4 Å². The third-order valence-corrected chi connectivity index (χ3v) is 5.83. The molecule has 1 atom stereocenters. The summed E-state index contributed by atoms with van der Waals surface area (Å²) in [5.41, 5.74) is 2.30. The van der Waals surface area contributed by atoms with E-state index in [0.717, 1.165) is 39.5 Å². The van der Waals surface area contributed by atoms with Gasteiger partial charge in [-0.05, 0) is 65.2 Å². The Morgan fingerprint density at radius 1 is 1.20 bits per heavy atom. The van der Waals surface area contributed by atoms with Gasteiger partial charge in [0.1, 0.15) is 11.8 Å². The van der Waals surface area contributed by atoms with Gasteiger partial charge in [-0.2, -0.15) is 4.52 Å². The number of carbonyl (C=O) groups excluding carboxylic acids is 1. The lowest BCUT2D eigenvalue weighted by molar-refractivity contribution is -0.123. The molecule has 2 N–H and O–H groups in total. The number of para-hydroxylation sites is 1. The van der Waals surface area contributed by atoms with Gasteiger partial charge in [0.15, 0.2) is 11.5 Å². The van der Waals surface area contributed by atoms with Gasteiger partial charge in [0.05, 0.1) is 12.6 Å². The van der Waals surface area contributed by atoms with Crippen LogP contribution in [0.3, 0.4) is 0 Å². The SMILES string of the molecule is COc1ccc(-c2nc3c4cccc(Br)c4nc(N[C@@H]4CCCNC4=O)n3n2)cc1. The molecule has 0 aliphatic carbocycles. The van der Waals surface area contributed by atoms with Gasteiger partial charge in [-0.3, -0.25) is 4.79 Å². The Morgan fingerprint density at radius 3 is 2.80 bits per heavy atom. The molecule has 0 saturated carbocycles. The summed E-state index contributed by atoms with van der Waals surface area (Å²) < 4.78 is 7.77. The van der Waals surface area contributed by atoms with Crippen LogP contribution in [0.1, 0.15) is 12.8 Å². The van der Waals surface area contributed by atoms with Gasteiger partial charge < -0.3 is 15.4 Å². The number of amides is 1. The molecule has 152 valence electrons. The van der Waals surface area contributed by atoms with Crippen LogP contribution in [0.4, 0.5) is 5.95 Å². The molecule has 2 aromatic carbocycles. The molecule has 1 saturated heterocycles. The number of nitrogens with zero attached hydrogens (tertiary/aromatic N) is 4. The van der Waals surface area contributed by atoms with Crippen molar-refractivity contribution in [3.8, 4) is 17.1 Å². The number of ether oxygens (including phenoxy) is 1. The van der Waals surface area contributed by atoms with E-state index in [1.807, 2.05) is 42.5 Å². The number of carbonyl (C=O) groups is 1. The van der Waals surface area contributed by atoms with Crippen LogP contribution in [0, 0.1) is 0 Å². The van der Waals surface area contributed by atoms with Crippen molar-refractivity contribution in [1.29, 1.82) is 0 Å². The van der Waals surface area contributed by atoms with Crippen molar-refractivity contribution in [1.82, 2.24) is 24.9 Å². The van der Waals surface area contributed by atoms with Crippen LogP contribution in [0.2, 0.25) is 0 Å². The molecule has 2 aromatic heterocycles. The Labute approximate surface area is 180 Å². The number of nitrogens with one attached hydrogen (secondary N) is 2. The summed E-state index contributed by atoms with van der Waals surface area (Å²) in [6.45, 7) is 0.702. The molecule has 0 bridgehead atoms. The minimum absolute atomic E-state index is 0.0288. The summed E-state index contributed by atoms with van der Waals surface area (Å²) in [5.74, 6) is 1.80. The molecule has 4 aromatic rings. The quantitative estimate of drug-likeness (QED) is 0.478. The average molecular weight is 467 g/mol. The zero-order valence-electron chi connectivity index (χ0n) is 16.2. The zero-order chi connectivity index (χ0) is 20.7. The van der Waals surface area contributed by atoms with E-state index in [1.165, 1.54) is 0 Å². The van der Waals surface area contributed by atoms with Gasteiger partial charge in [-0.15, -0.1) is 5.10 Å². The Balaban J connectivity index is 1.67. The molecule has 9 heteroatoms. The van der Waals surface area contributed by atoms with E-state index in [2.05, 4.69) is 26.6 Å². The maximum Gasteiger partial charge on any atom is 0.242 e. The minimum Gasteiger partial charge on any atom is -0.497 e. The second-order valence-corrected chi connectivity index (χ2v) is 7.96. The molecule has 1 fully saturated rings. The lowest BCUT2D eigenvalue weighted by Gasteiger charge is -2.23. The average Bonchev–Trinajstić information content (AvgIpc) is 3.22. The van der Waals surface area contributed by atoms with Crippen LogP contribution in [0.15, 0.2) is 46.9 Å². The first-order chi connectivity index (χ1) is 14.6. The summed E-state index contributed by atoms with van der Waals surface area (Å²) in [5, 5.41) is 11.7. The van der Waals surface area contributed by atoms with E-state index in [-0.39, 0.29) is 11.9 Å². The molecule has 5 rings (SSSR count).